The summed E-state index contributed by atoms with van der Waals surface area (Å²) in [4.78, 5) is 6.81. The third-order valence-electron chi connectivity index (χ3n) is 3.70. The van der Waals surface area contributed by atoms with Gasteiger partial charge in [0.25, 0.3) is 0 Å². The van der Waals surface area contributed by atoms with Crippen LogP contribution in [-0.2, 0) is 13.5 Å². The first kappa shape index (κ1) is 12.6. The number of hydrogen-bond donors (Lipinski definition) is 1. The minimum atomic E-state index is 0.629. The zero-order valence-electron chi connectivity index (χ0n) is 11.2. The molecule has 1 saturated carbocycles. The van der Waals surface area contributed by atoms with Crippen molar-refractivity contribution in [2.45, 2.75) is 38.3 Å². The molecule has 0 aliphatic heterocycles. The first-order chi connectivity index (χ1) is 8.18. The van der Waals surface area contributed by atoms with Gasteiger partial charge in [-0.05, 0) is 26.8 Å². The summed E-state index contributed by atoms with van der Waals surface area (Å²) in [5.41, 5.74) is 0. The van der Waals surface area contributed by atoms with E-state index in [0.29, 0.717) is 6.04 Å². The van der Waals surface area contributed by atoms with Crippen LogP contribution < -0.4 is 5.32 Å². The Hall–Kier alpha value is -0.870. The highest BCUT2D eigenvalue weighted by Gasteiger charge is 2.28. The van der Waals surface area contributed by atoms with E-state index in [9.17, 15) is 0 Å². The van der Waals surface area contributed by atoms with E-state index >= 15 is 0 Å². The molecule has 1 heterocycles. The van der Waals surface area contributed by atoms with Crippen molar-refractivity contribution in [2.24, 2.45) is 7.05 Å². The van der Waals surface area contributed by atoms with Crippen molar-refractivity contribution in [1.82, 2.24) is 19.8 Å². The van der Waals surface area contributed by atoms with Crippen LogP contribution in [0.15, 0.2) is 12.4 Å². The summed E-state index contributed by atoms with van der Waals surface area (Å²) in [7, 11) is 4.29. The van der Waals surface area contributed by atoms with Gasteiger partial charge in [-0.3, -0.25) is 4.90 Å². The molecule has 4 heteroatoms. The molecule has 1 atom stereocenters. The van der Waals surface area contributed by atoms with Crippen molar-refractivity contribution in [3.05, 3.63) is 18.2 Å². The molecular formula is C13H24N4. The minimum absolute atomic E-state index is 0.629. The SMILES string of the molecule is CC(CNCCc1nccn1C)N(C)C1CC1. The molecule has 0 aromatic carbocycles. The van der Waals surface area contributed by atoms with Crippen molar-refractivity contribution in [2.75, 3.05) is 20.1 Å². The van der Waals surface area contributed by atoms with E-state index in [1.165, 1.54) is 12.8 Å². The Morgan fingerprint density at radius 1 is 1.59 bits per heavy atom. The molecule has 1 N–H and O–H groups in total. The molecule has 0 bridgehead atoms. The Morgan fingerprint density at radius 3 is 2.94 bits per heavy atom. The van der Waals surface area contributed by atoms with Crippen LogP contribution in [0.3, 0.4) is 0 Å². The highest BCUT2D eigenvalue weighted by atomic mass is 15.2. The Morgan fingerprint density at radius 2 is 2.35 bits per heavy atom. The van der Waals surface area contributed by atoms with Gasteiger partial charge in [-0.25, -0.2) is 4.98 Å². The molecule has 0 radical (unpaired) electrons. The molecule has 0 saturated heterocycles. The van der Waals surface area contributed by atoms with Crippen molar-refractivity contribution in [3.8, 4) is 0 Å². The normalized spacial score (nSPS) is 17.6. The maximum Gasteiger partial charge on any atom is 0.109 e. The number of aromatic nitrogens is 2. The highest BCUT2D eigenvalue weighted by Crippen LogP contribution is 2.26. The van der Waals surface area contributed by atoms with E-state index in [1.54, 1.807) is 0 Å². The summed E-state index contributed by atoms with van der Waals surface area (Å²) in [6, 6.07) is 1.48. The van der Waals surface area contributed by atoms with E-state index in [4.69, 9.17) is 0 Å². The third-order valence-corrected chi connectivity index (χ3v) is 3.70. The zero-order chi connectivity index (χ0) is 12.3. The van der Waals surface area contributed by atoms with Crippen molar-refractivity contribution in [1.29, 1.82) is 0 Å². The number of nitrogens with one attached hydrogen (secondary N) is 1. The average molecular weight is 236 g/mol. The van der Waals surface area contributed by atoms with Gasteiger partial charge in [-0.15, -0.1) is 0 Å². The summed E-state index contributed by atoms with van der Waals surface area (Å²) in [5.74, 6) is 1.15. The number of rotatable bonds is 7. The summed E-state index contributed by atoms with van der Waals surface area (Å²) >= 11 is 0. The topological polar surface area (TPSA) is 33.1 Å². The van der Waals surface area contributed by atoms with Crippen LogP contribution >= 0.6 is 0 Å². The van der Waals surface area contributed by atoms with Gasteiger partial charge in [0.15, 0.2) is 0 Å². The molecule has 17 heavy (non-hydrogen) atoms. The molecule has 4 nitrogen and oxygen atoms in total. The molecule has 96 valence electrons. The van der Waals surface area contributed by atoms with Crippen LogP contribution in [0.4, 0.5) is 0 Å². The lowest BCUT2D eigenvalue weighted by molar-refractivity contribution is 0.241. The summed E-state index contributed by atoms with van der Waals surface area (Å²) in [6.07, 6.45) is 7.63. The van der Waals surface area contributed by atoms with E-state index < -0.39 is 0 Å². The van der Waals surface area contributed by atoms with Crippen LogP contribution in [0.2, 0.25) is 0 Å². The predicted octanol–water partition coefficient (Wildman–Crippen LogP) is 1.03. The van der Waals surface area contributed by atoms with Gasteiger partial charge in [0, 0.05) is 51.0 Å². The molecule has 1 aliphatic carbocycles. The molecule has 0 spiro atoms. The fraction of sp³-hybridized carbons (Fsp3) is 0.769. The molecule has 2 rings (SSSR count). The van der Waals surface area contributed by atoms with E-state index in [2.05, 4.69) is 33.7 Å². The lowest BCUT2D eigenvalue weighted by Gasteiger charge is -2.24. The zero-order valence-corrected chi connectivity index (χ0v) is 11.2. The van der Waals surface area contributed by atoms with Crippen molar-refractivity contribution >= 4 is 0 Å². The smallest absolute Gasteiger partial charge is 0.109 e. The Kier molecular flexibility index (Phi) is 4.18. The summed E-state index contributed by atoms with van der Waals surface area (Å²) in [6.45, 7) is 4.37. The van der Waals surface area contributed by atoms with Gasteiger partial charge in [0.2, 0.25) is 0 Å². The maximum atomic E-state index is 4.32. The van der Waals surface area contributed by atoms with Gasteiger partial charge in [-0.2, -0.15) is 0 Å². The monoisotopic (exact) mass is 236 g/mol. The molecule has 0 amide bonds. The number of nitrogens with zero attached hydrogens (tertiary/aromatic N) is 3. The second-order valence-corrected chi connectivity index (χ2v) is 5.15. The van der Waals surface area contributed by atoms with E-state index in [1.807, 2.05) is 19.4 Å². The number of hydrogen-bond acceptors (Lipinski definition) is 3. The van der Waals surface area contributed by atoms with Crippen LogP contribution in [0.1, 0.15) is 25.6 Å². The van der Waals surface area contributed by atoms with Crippen LogP contribution in [0.25, 0.3) is 0 Å². The molecule has 1 aromatic heterocycles. The van der Waals surface area contributed by atoms with Crippen LogP contribution in [0, 0.1) is 0 Å². The molecule has 1 fully saturated rings. The average Bonchev–Trinajstić information content (AvgIpc) is 3.08. The fourth-order valence-corrected chi connectivity index (χ4v) is 2.13. The van der Waals surface area contributed by atoms with Gasteiger partial charge in [0.05, 0.1) is 0 Å². The third kappa shape index (κ3) is 3.54. The van der Waals surface area contributed by atoms with Crippen LogP contribution in [0.5, 0.6) is 0 Å². The van der Waals surface area contributed by atoms with E-state index in [0.717, 1.165) is 31.4 Å². The number of imidazole rings is 1. The molecular weight excluding hydrogens is 212 g/mol. The quantitative estimate of drug-likeness (QED) is 0.718. The second kappa shape index (κ2) is 5.65. The fourth-order valence-electron chi connectivity index (χ4n) is 2.13. The minimum Gasteiger partial charge on any atom is -0.338 e. The predicted molar refractivity (Wildman–Crippen MR) is 70.0 cm³/mol. The number of aryl methyl sites for hydroxylation is 1. The molecule has 1 aliphatic rings. The standard InChI is InChI=1S/C13H24N4/c1-11(17(3)12-4-5-12)10-14-7-6-13-15-8-9-16(13)2/h8-9,11-12,14H,4-7,10H2,1-3H3. The van der Waals surface area contributed by atoms with E-state index in [-0.39, 0.29) is 0 Å². The summed E-state index contributed by atoms with van der Waals surface area (Å²) < 4.78 is 2.08. The molecule has 1 unspecified atom stereocenters. The van der Waals surface area contributed by atoms with Gasteiger partial charge in [-0.1, -0.05) is 0 Å². The molecule has 1 aromatic rings. The largest absolute Gasteiger partial charge is 0.338 e. The summed E-state index contributed by atoms with van der Waals surface area (Å²) in [5, 5.41) is 3.52. The lowest BCUT2D eigenvalue weighted by Crippen LogP contribution is -2.39. The van der Waals surface area contributed by atoms with Crippen molar-refractivity contribution < 1.29 is 0 Å². The number of likely N-dealkylation sites (N-methyl/N-ethyl adjacent to an activating group) is 1. The first-order valence-electron chi connectivity index (χ1n) is 6.57. The highest BCUT2D eigenvalue weighted by molar-refractivity contribution is 4.91. The van der Waals surface area contributed by atoms with Gasteiger partial charge < -0.3 is 9.88 Å². The van der Waals surface area contributed by atoms with Gasteiger partial charge >= 0.3 is 0 Å². The Labute approximate surface area is 104 Å². The first-order valence-corrected chi connectivity index (χ1v) is 6.57. The second-order valence-electron chi connectivity index (χ2n) is 5.15. The van der Waals surface area contributed by atoms with Crippen molar-refractivity contribution in [3.63, 3.8) is 0 Å². The Bertz CT molecular complexity index is 343. The lowest BCUT2D eigenvalue weighted by atomic mass is 10.3. The Balaban J connectivity index is 1.61. The maximum absolute atomic E-state index is 4.32. The van der Waals surface area contributed by atoms with Gasteiger partial charge in [0.1, 0.15) is 5.82 Å². The van der Waals surface area contributed by atoms with Crippen LogP contribution in [-0.4, -0.2) is 46.7 Å².